The molecule has 5 nitrogen and oxygen atoms in total. The van der Waals surface area contributed by atoms with Gasteiger partial charge >= 0.3 is 21.6 Å². The van der Waals surface area contributed by atoms with Crippen molar-refractivity contribution >= 4 is 16.1 Å². The molecule has 0 aliphatic carbocycles. The number of esters is 1. The number of ether oxygens (including phenoxy) is 1. The summed E-state index contributed by atoms with van der Waals surface area (Å²) in [4.78, 5) is 10.5. The third-order valence-electron chi connectivity index (χ3n) is 1.09. The molecule has 0 unspecified atom stereocenters. The van der Waals surface area contributed by atoms with Crippen LogP contribution in [0.3, 0.4) is 0 Å². The summed E-state index contributed by atoms with van der Waals surface area (Å²) in [7, 11) is -4.86. The first kappa shape index (κ1) is 13.2. The van der Waals surface area contributed by atoms with Crippen LogP contribution in [0.1, 0.15) is 6.92 Å². The van der Waals surface area contributed by atoms with E-state index in [2.05, 4.69) is 8.92 Å². The van der Waals surface area contributed by atoms with Crippen LogP contribution in [0.25, 0.3) is 0 Å². The van der Waals surface area contributed by atoms with Crippen molar-refractivity contribution in [2.24, 2.45) is 0 Å². The Morgan fingerprint density at radius 1 is 1.36 bits per heavy atom. The average molecular weight is 236 g/mol. The van der Waals surface area contributed by atoms with E-state index < -0.39 is 27.7 Å². The Kier molecular flexibility index (Phi) is 3.89. The van der Waals surface area contributed by atoms with Gasteiger partial charge in [0.05, 0.1) is 7.11 Å². The number of hydrogen-bond acceptors (Lipinski definition) is 5. The second kappa shape index (κ2) is 4.13. The summed E-state index contributed by atoms with van der Waals surface area (Å²) in [5, 5.41) is 0. The van der Waals surface area contributed by atoms with Gasteiger partial charge in [0.25, 0.3) is 0 Å². The summed E-state index contributed by atoms with van der Waals surface area (Å²) in [5.74, 6) is -1.21. The van der Waals surface area contributed by atoms with E-state index in [1.807, 2.05) is 0 Å². The molecule has 0 aromatic rings. The fourth-order valence-electron chi connectivity index (χ4n) is 0.450. The lowest BCUT2D eigenvalue weighted by Gasteiger charge is -2.12. The highest BCUT2D eigenvalue weighted by atomic mass is 32.2. The van der Waals surface area contributed by atoms with Gasteiger partial charge < -0.3 is 4.74 Å². The molecule has 0 saturated heterocycles. The molecule has 0 N–H and O–H groups in total. The van der Waals surface area contributed by atoms with Crippen molar-refractivity contribution < 1.29 is 35.3 Å². The number of alkyl halides is 3. The van der Waals surface area contributed by atoms with Crippen molar-refractivity contribution in [3.63, 3.8) is 0 Å². The van der Waals surface area contributed by atoms with E-state index in [1.54, 1.807) is 0 Å². The average Bonchev–Trinajstić information content (AvgIpc) is 2.00. The van der Waals surface area contributed by atoms with Crippen molar-refractivity contribution in [2.45, 2.75) is 18.5 Å². The minimum absolute atomic E-state index is 0.828. The van der Waals surface area contributed by atoms with Crippen molar-refractivity contribution in [3.05, 3.63) is 0 Å². The Balaban J connectivity index is 4.63. The van der Waals surface area contributed by atoms with Crippen LogP contribution in [0, 0.1) is 0 Å². The normalized spacial score (nSPS) is 14.9. The van der Waals surface area contributed by atoms with E-state index in [1.165, 1.54) is 0 Å². The van der Waals surface area contributed by atoms with E-state index in [0.29, 0.717) is 0 Å². The van der Waals surface area contributed by atoms with E-state index in [-0.39, 0.29) is 0 Å². The molecule has 0 aliphatic rings. The molecular formula is C5H7F3O5S. The molecule has 0 spiro atoms. The first-order valence-corrected chi connectivity index (χ1v) is 4.60. The maximum absolute atomic E-state index is 11.7. The van der Waals surface area contributed by atoms with Gasteiger partial charge in [0.2, 0.25) is 0 Å². The van der Waals surface area contributed by atoms with Gasteiger partial charge in [-0.2, -0.15) is 21.6 Å². The summed E-state index contributed by atoms with van der Waals surface area (Å²) in [5.41, 5.74) is -5.55. The molecule has 0 radical (unpaired) electrons. The van der Waals surface area contributed by atoms with E-state index in [4.69, 9.17) is 0 Å². The van der Waals surface area contributed by atoms with Crippen LogP contribution in [-0.4, -0.2) is 33.1 Å². The number of halogens is 3. The Bertz CT molecular complexity index is 306. The van der Waals surface area contributed by atoms with Crippen LogP contribution in [0.2, 0.25) is 0 Å². The van der Waals surface area contributed by atoms with Gasteiger partial charge in [-0.25, -0.2) is 8.98 Å². The summed E-state index contributed by atoms with van der Waals surface area (Å²) in [6.07, 6.45) is -1.83. The molecule has 0 aromatic heterocycles. The second-order valence-electron chi connectivity index (χ2n) is 2.16. The molecule has 0 fully saturated rings. The maximum atomic E-state index is 11.7. The van der Waals surface area contributed by atoms with Crippen LogP contribution >= 0.6 is 0 Å². The molecule has 0 saturated carbocycles. The summed E-state index contributed by atoms with van der Waals surface area (Å²) < 4.78 is 63.2. The molecule has 0 amide bonds. The molecule has 0 aliphatic heterocycles. The Hall–Kier alpha value is -0.830. The number of methoxy groups -OCH3 is 1. The fourth-order valence-corrected chi connectivity index (χ4v) is 1.02. The molecule has 0 rings (SSSR count). The smallest absolute Gasteiger partial charge is 0.467 e. The first-order valence-electron chi connectivity index (χ1n) is 3.19. The SMILES string of the molecule is COC(=O)[C@H](C)OS(=O)(=O)C(F)(F)F. The molecular weight excluding hydrogens is 229 g/mol. The van der Waals surface area contributed by atoms with Crippen molar-refractivity contribution in [2.75, 3.05) is 7.11 Å². The van der Waals surface area contributed by atoms with E-state index >= 15 is 0 Å². The highest BCUT2D eigenvalue weighted by molar-refractivity contribution is 7.87. The van der Waals surface area contributed by atoms with Crippen LogP contribution in [0.5, 0.6) is 0 Å². The zero-order valence-corrected chi connectivity index (χ0v) is 7.98. The Morgan fingerprint density at radius 2 is 1.79 bits per heavy atom. The van der Waals surface area contributed by atoms with Gasteiger partial charge in [-0.05, 0) is 6.92 Å². The Morgan fingerprint density at radius 3 is 2.07 bits per heavy atom. The Labute approximate surface area is 77.9 Å². The highest BCUT2D eigenvalue weighted by Gasteiger charge is 2.49. The van der Waals surface area contributed by atoms with Gasteiger partial charge in [-0.3, -0.25) is 0 Å². The minimum Gasteiger partial charge on any atom is -0.467 e. The predicted octanol–water partition coefficient (Wildman–Crippen LogP) is 0.414. The molecule has 0 heterocycles. The number of carbonyl (C=O) groups excluding carboxylic acids is 1. The lowest BCUT2D eigenvalue weighted by molar-refractivity contribution is -0.148. The molecule has 84 valence electrons. The first-order chi connectivity index (χ1) is 6.12. The zero-order chi connectivity index (χ0) is 11.6. The van der Waals surface area contributed by atoms with E-state index in [0.717, 1.165) is 14.0 Å². The molecule has 1 atom stereocenters. The largest absolute Gasteiger partial charge is 0.523 e. The maximum Gasteiger partial charge on any atom is 0.523 e. The number of hydrogen-bond donors (Lipinski definition) is 0. The van der Waals surface area contributed by atoms with Gasteiger partial charge in [0.1, 0.15) is 0 Å². The van der Waals surface area contributed by atoms with Gasteiger partial charge in [0, 0.05) is 0 Å². The topological polar surface area (TPSA) is 69.7 Å². The van der Waals surface area contributed by atoms with Crippen molar-refractivity contribution in [3.8, 4) is 0 Å². The third-order valence-corrected chi connectivity index (χ3v) is 2.20. The molecule has 14 heavy (non-hydrogen) atoms. The van der Waals surface area contributed by atoms with E-state index in [9.17, 15) is 26.4 Å². The van der Waals surface area contributed by atoms with Crippen molar-refractivity contribution in [1.29, 1.82) is 0 Å². The van der Waals surface area contributed by atoms with Gasteiger partial charge in [0.15, 0.2) is 6.10 Å². The monoisotopic (exact) mass is 236 g/mol. The number of carbonyl (C=O) groups is 1. The van der Waals surface area contributed by atoms with Crippen LogP contribution in [0.4, 0.5) is 13.2 Å². The van der Waals surface area contributed by atoms with Crippen LogP contribution in [0.15, 0.2) is 0 Å². The third kappa shape index (κ3) is 3.14. The highest BCUT2D eigenvalue weighted by Crippen LogP contribution is 2.25. The van der Waals surface area contributed by atoms with Crippen LogP contribution < -0.4 is 0 Å². The summed E-state index contributed by atoms with van der Waals surface area (Å²) in [6, 6.07) is 0. The second-order valence-corrected chi connectivity index (χ2v) is 3.73. The summed E-state index contributed by atoms with van der Waals surface area (Å²) >= 11 is 0. The zero-order valence-electron chi connectivity index (χ0n) is 7.16. The molecule has 0 bridgehead atoms. The van der Waals surface area contributed by atoms with Crippen molar-refractivity contribution in [1.82, 2.24) is 0 Å². The summed E-state index contributed by atoms with van der Waals surface area (Å²) in [6.45, 7) is 0.828. The molecule has 9 heteroatoms. The van der Waals surface area contributed by atoms with Gasteiger partial charge in [-0.1, -0.05) is 0 Å². The predicted molar refractivity (Wildman–Crippen MR) is 37.5 cm³/mol. The van der Waals surface area contributed by atoms with Gasteiger partial charge in [-0.15, -0.1) is 0 Å². The number of rotatable bonds is 3. The fraction of sp³-hybridized carbons (Fsp3) is 0.800. The standard InChI is InChI=1S/C5H7F3O5S/c1-3(4(9)12-2)13-14(10,11)5(6,7)8/h3H,1-2H3/t3-/m0/s1. The minimum atomic E-state index is -5.75. The quantitative estimate of drug-likeness (QED) is 0.403. The van der Waals surface area contributed by atoms with Crippen LogP contribution in [-0.2, 0) is 23.8 Å². The lowest BCUT2D eigenvalue weighted by atomic mass is 10.4. The molecule has 0 aromatic carbocycles. The lowest BCUT2D eigenvalue weighted by Crippen LogP contribution is -2.33.